The molecule has 0 N–H and O–H groups in total. The van der Waals surface area contributed by atoms with Crippen molar-refractivity contribution in [2.75, 3.05) is 0 Å². The molecule has 0 spiro atoms. The van der Waals surface area contributed by atoms with Crippen molar-refractivity contribution in [1.82, 2.24) is 0 Å². The van der Waals surface area contributed by atoms with E-state index in [9.17, 15) is 0 Å². The van der Waals surface area contributed by atoms with Gasteiger partial charge in [-0.1, -0.05) is 41.6 Å². The maximum atomic E-state index is 6.11. The van der Waals surface area contributed by atoms with Crippen LogP contribution in [0.15, 0.2) is 52.3 Å². The first-order chi connectivity index (χ1) is 7.34. The van der Waals surface area contributed by atoms with Gasteiger partial charge in [0.1, 0.15) is 11.5 Å². The summed E-state index contributed by atoms with van der Waals surface area (Å²) in [5.74, 6) is 1.74. The molecule has 0 fully saturated rings. The Morgan fingerprint density at radius 3 is 2.67 bits per heavy atom. The molecule has 1 aliphatic rings. The van der Waals surface area contributed by atoms with E-state index in [1.54, 1.807) is 11.8 Å². The highest BCUT2D eigenvalue weighted by molar-refractivity contribution is 7.99. The molecule has 0 aromatic heterocycles. The average molecular weight is 235 g/mol. The molecule has 1 nitrogen and oxygen atoms in total. The average Bonchev–Trinajstić information content (AvgIpc) is 2.27. The summed E-state index contributed by atoms with van der Waals surface area (Å²) in [5, 5.41) is 0.743. The van der Waals surface area contributed by atoms with Crippen LogP contribution in [-0.2, 0) is 0 Å². The van der Waals surface area contributed by atoms with Crippen LogP contribution in [0.4, 0.5) is 0 Å². The minimum atomic E-state index is 0.743. The second kappa shape index (κ2) is 3.47. The summed E-state index contributed by atoms with van der Waals surface area (Å²) in [4.78, 5) is 2.11. The Balaban J connectivity index is 2.15. The van der Waals surface area contributed by atoms with Crippen LogP contribution in [0.1, 0.15) is 0 Å². The molecular formula is C12H7ClOS. The van der Waals surface area contributed by atoms with Gasteiger partial charge in [-0.3, -0.25) is 0 Å². The zero-order valence-corrected chi connectivity index (χ0v) is 9.31. The molecular weight excluding hydrogens is 228 g/mol. The van der Waals surface area contributed by atoms with Gasteiger partial charge in [-0.25, -0.2) is 0 Å². The normalized spacial score (nSPS) is 12.6. The maximum absolute atomic E-state index is 6.11. The third kappa shape index (κ3) is 1.50. The van der Waals surface area contributed by atoms with Crippen LogP contribution in [0.25, 0.3) is 0 Å². The highest BCUT2D eigenvalue weighted by atomic mass is 35.5. The number of hydrogen-bond acceptors (Lipinski definition) is 2. The van der Waals surface area contributed by atoms with Gasteiger partial charge in [0.25, 0.3) is 0 Å². The lowest BCUT2D eigenvalue weighted by molar-refractivity contribution is 0.454. The second-order valence-corrected chi connectivity index (χ2v) is 4.68. The molecule has 0 aliphatic carbocycles. The topological polar surface area (TPSA) is 9.23 Å². The Bertz CT molecular complexity index is 525. The van der Waals surface area contributed by atoms with Crippen molar-refractivity contribution in [3.63, 3.8) is 0 Å². The molecule has 3 rings (SSSR count). The number of rotatable bonds is 0. The Hall–Kier alpha value is -1.12. The highest BCUT2D eigenvalue weighted by Gasteiger charge is 2.18. The molecule has 0 saturated heterocycles. The van der Waals surface area contributed by atoms with E-state index in [0.29, 0.717) is 0 Å². The van der Waals surface area contributed by atoms with Crippen molar-refractivity contribution < 1.29 is 4.74 Å². The van der Waals surface area contributed by atoms with E-state index in [1.807, 2.05) is 42.5 Å². The summed E-state index contributed by atoms with van der Waals surface area (Å²) in [7, 11) is 0. The summed E-state index contributed by atoms with van der Waals surface area (Å²) >= 11 is 7.76. The number of para-hydroxylation sites is 1. The first kappa shape index (κ1) is 9.13. The highest BCUT2D eigenvalue weighted by Crippen LogP contribution is 2.49. The molecule has 74 valence electrons. The lowest BCUT2D eigenvalue weighted by Gasteiger charge is -2.19. The molecule has 0 radical (unpaired) electrons. The van der Waals surface area contributed by atoms with Crippen LogP contribution >= 0.6 is 23.4 Å². The van der Waals surface area contributed by atoms with Gasteiger partial charge < -0.3 is 4.74 Å². The molecule has 0 unspecified atom stereocenters. The largest absolute Gasteiger partial charge is 0.455 e. The van der Waals surface area contributed by atoms with Gasteiger partial charge in [0.15, 0.2) is 0 Å². The van der Waals surface area contributed by atoms with Gasteiger partial charge in [-0.05, 0) is 24.3 Å². The Morgan fingerprint density at radius 2 is 1.73 bits per heavy atom. The number of fused-ring (bicyclic) bond motifs is 2. The molecule has 0 amide bonds. The number of halogens is 1. The predicted molar refractivity (Wildman–Crippen MR) is 62.1 cm³/mol. The standard InChI is InChI=1S/C12H7ClOS/c13-8-4-3-6-10-12(8)15-11-7-2-1-5-9(11)14-10/h1-7H. The van der Waals surface area contributed by atoms with Crippen molar-refractivity contribution in [2.24, 2.45) is 0 Å². The minimum Gasteiger partial charge on any atom is -0.455 e. The van der Waals surface area contributed by atoms with Crippen LogP contribution in [0, 0.1) is 0 Å². The fraction of sp³-hybridized carbons (Fsp3) is 0. The van der Waals surface area contributed by atoms with Gasteiger partial charge in [0.05, 0.1) is 14.8 Å². The minimum absolute atomic E-state index is 0.743. The lowest BCUT2D eigenvalue weighted by atomic mass is 10.3. The summed E-state index contributed by atoms with van der Waals surface area (Å²) in [5.41, 5.74) is 0. The summed E-state index contributed by atoms with van der Waals surface area (Å²) in [6.07, 6.45) is 0. The van der Waals surface area contributed by atoms with Gasteiger partial charge in [0, 0.05) is 0 Å². The SMILES string of the molecule is Clc1cccc2c1Sc1ccccc1O2. The molecule has 3 heteroatoms. The van der Waals surface area contributed by atoms with Gasteiger partial charge in [-0.15, -0.1) is 0 Å². The smallest absolute Gasteiger partial charge is 0.142 e. The van der Waals surface area contributed by atoms with Crippen LogP contribution in [0.3, 0.4) is 0 Å². The van der Waals surface area contributed by atoms with Crippen LogP contribution in [0.5, 0.6) is 11.5 Å². The van der Waals surface area contributed by atoms with Gasteiger partial charge in [0.2, 0.25) is 0 Å². The summed E-state index contributed by atoms with van der Waals surface area (Å²) in [6.45, 7) is 0. The zero-order valence-electron chi connectivity index (χ0n) is 7.74. The Kier molecular flexibility index (Phi) is 2.11. The van der Waals surface area contributed by atoms with E-state index in [-0.39, 0.29) is 0 Å². The summed E-state index contributed by atoms with van der Waals surface area (Å²) in [6, 6.07) is 13.7. The van der Waals surface area contributed by atoms with E-state index in [0.717, 1.165) is 26.3 Å². The fourth-order valence-electron chi connectivity index (χ4n) is 1.52. The van der Waals surface area contributed by atoms with Crippen LogP contribution in [0.2, 0.25) is 5.02 Å². The van der Waals surface area contributed by atoms with E-state index in [1.165, 1.54) is 0 Å². The molecule has 2 aromatic rings. The lowest BCUT2D eigenvalue weighted by Crippen LogP contribution is -1.94. The Labute approximate surface area is 97.0 Å². The quantitative estimate of drug-likeness (QED) is 0.562. The predicted octanol–water partition coefficient (Wildman–Crippen LogP) is 4.60. The van der Waals surface area contributed by atoms with E-state index in [4.69, 9.17) is 16.3 Å². The number of hydrogen-bond donors (Lipinski definition) is 0. The molecule has 2 aromatic carbocycles. The Morgan fingerprint density at radius 1 is 0.933 bits per heavy atom. The van der Waals surface area contributed by atoms with E-state index >= 15 is 0 Å². The van der Waals surface area contributed by atoms with Crippen molar-refractivity contribution in [3.8, 4) is 11.5 Å². The maximum Gasteiger partial charge on any atom is 0.142 e. The third-order valence-electron chi connectivity index (χ3n) is 2.21. The monoisotopic (exact) mass is 234 g/mol. The van der Waals surface area contributed by atoms with Crippen molar-refractivity contribution in [1.29, 1.82) is 0 Å². The van der Waals surface area contributed by atoms with Crippen LogP contribution in [-0.4, -0.2) is 0 Å². The molecule has 1 heterocycles. The molecule has 0 bridgehead atoms. The van der Waals surface area contributed by atoms with E-state index in [2.05, 4.69) is 0 Å². The van der Waals surface area contributed by atoms with Gasteiger partial charge >= 0.3 is 0 Å². The number of benzene rings is 2. The third-order valence-corrected chi connectivity index (χ3v) is 3.82. The van der Waals surface area contributed by atoms with E-state index < -0.39 is 0 Å². The summed E-state index contributed by atoms with van der Waals surface area (Å²) < 4.78 is 5.75. The first-order valence-corrected chi connectivity index (χ1v) is 5.77. The number of ether oxygens (including phenoxy) is 1. The molecule has 15 heavy (non-hydrogen) atoms. The zero-order chi connectivity index (χ0) is 10.3. The van der Waals surface area contributed by atoms with Gasteiger partial charge in [-0.2, -0.15) is 0 Å². The fourth-order valence-corrected chi connectivity index (χ4v) is 2.75. The second-order valence-electron chi connectivity index (χ2n) is 3.22. The first-order valence-electron chi connectivity index (χ1n) is 4.58. The molecule has 1 aliphatic heterocycles. The van der Waals surface area contributed by atoms with Crippen molar-refractivity contribution >= 4 is 23.4 Å². The molecule has 0 atom stereocenters. The van der Waals surface area contributed by atoms with Crippen LogP contribution < -0.4 is 4.74 Å². The van der Waals surface area contributed by atoms with Crippen molar-refractivity contribution in [2.45, 2.75) is 9.79 Å². The molecule has 0 saturated carbocycles. The van der Waals surface area contributed by atoms with Crippen molar-refractivity contribution in [3.05, 3.63) is 47.5 Å².